The number of hydrogen-bond acceptors (Lipinski definition) is 6. The number of aromatic nitrogens is 1. The Kier molecular flexibility index (Phi) is 9.83. The number of nitrogens with zero attached hydrogens (tertiary/aromatic N) is 3. The van der Waals surface area contributed by atoms with Crippen LogP contribution in [0.25, 0.3) is 6.08 Å². The molecule has 9 heteroatoms. The number of carbonyl (C=O) groups is 1. The minimum Gasteiger partial charge on any atom is -0.549 e. The third-order valence-electron chi connectivity index (χ3n) is 10.2. The summed E-state index contributed by atoms with van der Waals surface area (Å²) in [4.78, 5) is 22.8. The number of piperazine rings is 1. The zero-order chi connectivity index (χ0) is 32.1. The predicted molar refractivity (Wildman–Crippen MR) is 180 cm³/mol. The van der Waals surface area contributed by atoms with Crippen molar-refractivity contribution in [3.63, 3.8) is 0 Å². The molecule has 3 atom stereocenters. The van der Waals surface area contributed by atoms with E-state index in [-0.39, 0.29) is 28.6 Å². The highest BCUT2D eigenvalue weighted by Gasteiger charge is 2.49. The monoisotopic (exact) mass is 617 g/mol. The summed E-state index contributed by atoms with van der Waals surface area (Å²) in [5, 5.41) is 0.112. The van der Waals surface area contributed by atoms with Gasteiger partial charge in [-0.1, -0.05) is 55.0 Å². The van der Waals surface area contributed by atoms with E-state index in [1.54, 1.807) is 0 Å². The van der Waals surface area contributed by atoms with Gasteiger partial charge in [0.2, 0.25) is 8.32 Å². The zero-order valence-corrected chi connectivity index (χ0v) is 31.7. The highest BCUT2D eigenvalue weighted by atomic mass is 28.4. The molecule has 3 rings (SSSR count). The molecule has 7 nitrogen and oxygen atoms in total. The van der Waals surface area contributed by atoms with Gasteiger partial charge in [0, 0.05) is 30.1 Å². The van der Waals surface area contributed by atoms with Crippen molar-refractivity contribution >= 4 is 36.1 Å². The van der Waals surface area contributed by atoms with E-state index >= 15 is 0 Å². The van der Waals surface area contributed by atoms with E-state index in [0.29, 0.717) is 19.0 Å². The maximum Gasteiger partial charge on any atom is 0.410 e. The van der Waals surface area contributed by atoms with Gasteiger partial charge in [0.15, 0.2) is 9.76 Å². The molecule has 0 spiro atoms. The fourth-order valence-electron chi connectivity index (χ4n) is 5.76. The average molecular weight is 618 g/mol. The lowest BCUT2D eigenvalue weighted by Gasteiger charge is -2.48. The van der Waals surface area contributed by atoms with Crippen LogP contribution in [0.15, 0.2) is 12.3 Å². The lowest BCUT2D eigenvalue weighted by atomic mass is 9.66. The number of fused-ring (bicyclic) bond motifs is 3. The molecule has 1 fully saturated rings. The number of ether oxygens (including phenoxy) is 1. The quantitative estimate of drug-likeness (QED) is 0.222. The van der Waals surface area contributed by atoms with Crippen LogP contribution < -0.4 is 4.90 Å². The maximum atomic E-state index is 13.0. The molecular formula is C33H59N3O4Si2. The number of rotatable bonds is 8. The van der Waals surface area contributed by atoms with Gasteiger partial charge in [-0.25, -0.2) is 9.78 Å². The van der Waals surface area contributed by atoms with Crippen LogP contribution in [0.5, 0.6) is 0 Å². The second-order valence-electron chi connectivity index (χ2n) is 15.9. The van der Waals surface area contributed by atoms with Crippen LogP contribution in [-0.2, 0) is 25.6 Å². The van der Waals surface area contributed by atoms with Crippen molar-refractivity contribution < 1.29 is 18.4 Å². The van der Waals surface area contributed by atoms with Gasteiger partial charge in [-0.15, -0.1) is 0 Å². The molecule has 2 aliphatic rings. The van der Waals surface area contributed by atoms with E-state index in [1.807, 2.05) is 31.9 Å². The van der Waals surface area contributed by atoms with Gasteiger partial charge in [0.25, 0.3) is 0 Å². The van der Waals surface area contributed by atoms with Crippen molar-refractivity contribution in [3.8, 4) is 0 Å². The fourth-order valence-corrected chi connectivity index (χ4v) is 7.60. The molecule has 0 N–H and O–H groups in total. The van der Waals surface area contributed by atoms with E-state index in [9.17, 15) is 4.79 Å². The summed E-state index contributed by atoms with van der Waals surface area (Å²) in [5.41, 5.74) is 1.99. The number of pyridine rings is 1. The first-order valence-electron chi connectivity index (χ1n) is 15.8. The van der Waals surface area contributed by atoms with Gasteiger partial charge in [-0.05, 0) is 82.8 Å². The Bertz CT molecular complexity index is 1170. The lowest BCUT2D eigenvalue weighted by molar-refractivity contribution is -0.0614. The topological polar surface area (TPSA) is 64.1 Å². The van der Waals surface area contributed by atoms with E-state index < -0.39 is 29.3 Å². The largest absolute Gasteiger partial charge is 0.549 e. The number of anilines is 1. The third-order valence-corrected chi connectivity index (χ3v) is 15.4. The SMILES string of the molecule is C[SiH2]OC(C)(c1nc2c(cc1C=CO[Si](C)(C)C(C)(C)C)C[C@@H]1CN(C(=O)OC(C)(C)C)C[C@@H](C)N21)C(C)(C)C(C)C. The summed E-state index contributed by atoms with van der Waals surface area (Å²) >= 11 is 0. The minimum atomic E-state index is -1.97. The summed E-state index contributed by atoms with van der Waals surface area (Å²) in [5.74, 6) is 1.41. The summed E-state index contributed by atoms with van der Waals surface area (Å²) in [6, 6.07) is 2.58. The van der Waals surface area contributed by atoms with Gasteiger partial charge in [0.05, 0.1) is 18.0 Å². The molecule has 42 heavy (non-hydrogen) atoms. The molecule has 1 saturated heterocycles. The first-order valence-corrected chi connectivity index (χ1v) is 20.7. The van der Waals surface area contributed by atoms with Gasteiger partial charge in [-0.2, -0.15) is 0 Å². The highest BCUT2D eigenvalue weighted by molar-refractivity contribution is 6.74. The second-order valence-corrected chi connectivity index (χ2v) is 21.6. The van der Waals surface area contributed by atoms with Crippen LogP contribution >= 0.6 is 0 Å². The molecule has 1 aromatic rings. The Morgan fingerprint density at radius 2 is 1.71 bits per heavy atom. The fraction of sp³-hybridized carbons (Fsp3) is 0.758. The Balaban J connectivity index is 2.11. The Morgan fingerprint density at radius 3 is 2.24 bits per heavy atom. The third kappa shape index (κ3) is 6.78. The van der Waals surface area contributed by atoms with Crippen molar-refractivity contribution in [1.29, 1.82) is 0 Å². The lowest BCUT2D eigenvalue weighted by Crippen LogP contribution is -2.58. The number of carbonyl (C=O) groups excluding carboxylic acids is 1. The molecule has 0 aromatic carbocycles. The standard InChI is InChI=1S/C33H59N3O4Si2/c1-22(2)32(10,11)33(12,40-41-13)27-24(16-17-38-42(14,15)31(7,8)9)18-25-19-26-21-35(29(37)39-30(4,5)6)20-23(3)36(26)28(25)34-27/h16-18,22-23,26H,19-21,41H2,1-15H3/t23-,26-,33?/m1/s1. The maximum absolute atomic E-state index is 13.0. The van der Waals surface area contributed by atoms with Gasteiger partial charge in [0.1, 0.15) is 17.0 Å². The molecule has 238 valence electrons. The predicted octanol–water partition coefficient (Wildman–Crippen LogP) is 7.49. The molecule has 1 unspecified atom stereocenters. The van der Waals surface area contributed by atoms with E-state index in [1.165, 1.54) is 5.56 Å². The van der Waals surface area contributed by atoms with Crippen molar-refractivity contribution in [2.75, 3.05) is 18.0 Å². The van der Waals surface area contributed by atoms with Gasteiger partial charge < -0.3 is 23.4 Å². The molecule has 3 heterocycles. The zero-order valence-electron chi connectivity index (χ0n) is 29.3. The minimum absolute atomic E-state index is 0.112. The molecule has 2 aliphatic heterocycles. The first-order chi connectivity index (χ1) is 19.1. The summed E-state index contributed by atoms with van der Waals surface area (Å²) in [6.07, 6.45) is 4.62. The molecule has 0 radical (unpaired) electrons. The van der Waals surface area contributed by atoms with E-state index in [4.69, 9.17) is 18.6 Å². The van der Waals surface area contributed by atoms with Crippen molar-refractivity contribution in [3.05, 3.63) is 29.1 Å². The van der Waals surface area contributed by atoms with Crippen LogP contribution in [0, 0.1) is 11.3 Å². The summed E-state index contributed by atoms with van der Waals surface area (Å²) < 4.78 is 19.1. The van der Waals surface area contributed by atoms with Crippen LogP contribution in [0.1, 0.15) is 99.9 Å². The van der Waals surface area contributed by atoms with Gasteiger partial charge in [-0.3, -0.25) is 0 Å². The number of hydrogen-bond donors (Lipinski definition) is 0. The van der Waals surface area contributed by atoms with Crippen LogP contribution in [-0.4, -0.2) is 64.8 Å². The molecule has 0 saturated carbocycles. The summed E-state index contributed by atoms with van der Waals surface area (Å²) in [6.45, 7) is 34.1. The van der Waals surface area contributed by atoms with Crippen LogP contribution in [0.4, 0.5) is 10.6 Å². The Labute approximate surface area is 259 Å². The van der Waals surface area contributed by atoms with Crippen molar-refractivity contribution in [2.24, 2.45) is 11.3 Å². The molecule has 1 aromatic heterocycles. The highest BCUT2D eigenvalue weighted by Crippen LogP contribution is 2.50. The van der Waals surface area contributed by atoms with E-state index in [2.05, 4.69) is 99.0 Å². The second kappa shape index (κ2) is 11.9. The summed E-state index contributed by atoms with van der Waals surface area (Å²) in [7, 11) is -2.73. The van der Waals surface area contributed by atoms with Gasteiger partial charge >= 0.3 is 6.09 Å². The Hall–Kier alpha value is -1.85. The first kappa shape index (κ1) is 34.6. The van der Waals surface area contributed by atoms with Crippen LogP contribution in [0.2, 0.25) is 24.7 Å². The smallest absolute Gasteiger partial charge is 0.410 e. The molecule has 0 bridgehead atoms. The average Bonchev–Trinajstić information content (AvgIpc) is 3.19. The molecule has 1 amide bonds. The van der Waals surface area contributed by atoms with E-state index in [0.717, 1.165) is 23.5 Å². The van der Waals surface area contributed by atoms with Crippen LogP contribution in [0.3, 0.4) is 0 Å². The Morgan fingerprint density at radius 1 is 1.10 bits per heavy atom. The molecular weight excluding hydrogens is 559 g/mol. The normalized spacial score (nSPS) is 21.7. The van der Waals surface area contributed by atoms with Crippen molar-refractivity contribution in [1.82, 2.24) is 9.88 Å². The molecule has 0 aliphatic carbocycles. The number of amides is 1. The van der Waals surface area contributed by atoms with Crippen molar-refractivity contribution in [2.45, 2.75) is 137 Å².